The summed E-state index contributed by atoms with van der Waals surface area (Å²) in [6.07, 6.45) is 4.76. The number of methoxy groups -OCH3 is 1. The Balaban J connectivity index is 1.76. The Labute approximate surface area is 131 Å². The molecule has 3 aromatic heterocycles. The molecule has 3 heterocycles. The summed E-state index contributed by atoms with van der Waals surface area (Å²) >= 11 is 0. The summed E-state index contributed by atoms with van der Waals surface area (Å²) in [4.78, 5) is 8.42. The second kappa shape index (κ2) is 5.45. The molecule has 2 N–H and O–H groups in total. The van der Waals surface area contributed by atoms with E-state index in [1.54, 1.807) is 19.5 Å². The second-order valence-corrected chi connectivity index (χ2v) is 4.86. The summed E-state index contributed by atoms with van der Waals surface area (Å²) in [6, 6.07) is 9.73. The number of aromatic nitrogens is 4. The molecule has 23 heavy (non-hydrogen) atoms. The van der Waals surface area contributed by atoms with Crippen molar-refractivity contribution in [1.29, 1.82) is 0 Å². The van der Waals surface area contributed by atoms with E-state index < -0.39 is 0 Å². The molecule has 0 aliphatic heterocycles. The molecule has 0 saturated heterocycles. The van der Waals surface area contributed by atoms with Gasteiger partial charge in [0.25, 0.3) is 0 Å². The fourth-order valence-electron chi connectivity index (χ4n) is 2.37. The topological polar surface area (TPSA) is 88.9 Å². The number of nitrogens with one attached hydrogen (secondary N) is 2. The summed E-state index contributed by atoms with van der Waals surface area (Å²) in [5, 5.41) is 11.5. The first-order valence-electron chi connectivity index (χ1n) is 6.99. The number of H-pyrrole nitrogens is 1. The van der Waals surface area contributed by atoms with Crippen molar-refractivity contribution in [1.82, 2.24) is 20.2 Å². The van der Waals surface area contributed by atoms with E-state index in [9.17, 15) is 0 Å². The van der Waals surface area contributed by atoms with Gasteiger partial charge in [0.2, 0.25) is 11.8 Å². The number of nitrogens with zero attached hydrogens (tertiary/aromatic N) is 3. The Bertz CT molecular complexity index is 946. The standard InChI is InChI=1S/C16H13N5O2/c1-22-16-13(8-10(9-18-16)15-17-6-7-23-15)19-14-11-4-2-3-5-12(11)20-21-14/h2-9H,1H3,(H2,19,20,21). The molecule has 4 aromatic rings. The predicted molar refractivity (Wildman–Crippen MR) is 85.7 cm³/mol. The lowest BCUT2D eigenvalue weighted by Gasteiger charge is -2.09. The maximum absolute atomic E-state index is 5.32. The van der Waals surface area contributed by atoms with E-state index in [1.807, 2.05) is 30.3 Å². The Morgan fingerprint density at radius 3 is 2.96 bits per heavy atom. The van der Waals surface area contributed by atoms with Crippen LogP contribution in [0.2, 0.25) is 0 Å². The number of rotatable bonds is 4. The van der Waals surface area contributed by atoms with E-state index in [0.29, 0.717) is 23.3 Å². The summed E-state index contributed by atoms with van der Waals surface area (Å²) < 4.78 is 10.6. The zero-order chi connectivity index (χ0) is 15.6. The maximum atomic E-state index is 5.32. The van der Waals surface area contributed by atoms with E-state index in [2.05, 4.69) is 25.5 Å². The molecule has 7 heteroatoms. The van der Waals surface area contributed by atoms with Crippen molar-refractivity contribution in [2.45, 2.75) is 0 Å². The largest absolute Gasteiger partial charge is 0.480 e. The Morgan fingerprint density at radius 2 is 2.13 bits per heavy atom. The zero-order valence-corrected chi connectivity index (χ0v) is 12.3. The first-order chi connectivity index (χ1) is 11.3. The van der Waals surface area contributed by atoms with Gasteiger partial charge in [0.15, 0.2) is 5.82 Å². The van der Waals surface area contributed by atoms with Crippen molar-refractivity contribution in [2.24, 2.45) is 0 Å². The minimum atomic E-state index is 0.465. The molecule has 0 aliphatic carbocycles. The molecular formula is C16H13N5O2. The van der Waals surface area contributed by atoms with Gasteiger partial charge in [0, 0.05) is 11.6 Å². The Kier molecular flexibility index (Phi) is 3.16. The van der Waals surface area contributed by atoms with Gasteiger partial charge in [0.05, 0.1) is 24.4 Å². The quantitative estimate of drug-likeness (QED) is 0.601. The van der Waals surface area contributed by atoms with Crippen LogP contribution in [0.1, 0.15) is 0 Å². The number of anilines is 2. The molecule has 0 saturated carbocycles. The SMILES string of the molecule is COc1ncc(-c2ncco2)cc1Nc1n[nH]c2ccccc12. The monoisotopic (exact) mass is 307 g/mol. The zero-order valence-electron chi connectivity index (χ0n) is 12.3. The minimum absolute atomic E-state index is 0.465. The van der Waals surface area contributed by atoms with Crippen LogP contribution >= 0.6 is 0 Å². The third kappa shape index (κ3) is 2.38. The number of fused-ring (bicyclic) bond motifs is 1. The molecule has 0 radical (unpaired) electrons. The third-order valence-corrected chi connectivity index (χ3v) is 3.45. The molecule has 114 valence electrons. The molecule has 0 atom stereocenters. The Hall–Kier alpha value is -3.35. The van der Waals surface area contributed by atoms with E-state index in [1.165, 1.54) is 6.26 Å². The fraction of sp³-hybridized carbons (Fsp3) is 0.0625. The first-order valence-corrected chi connectivity index (χ1v) is 6.99. The highest BCUT2D eigenvalue weighted by atomic mass is 16.5. The van der Waals surface area contributed by atoms with Gasteiger partial charge in [-0.3, -0.25) is 5.10 Å². The van der Waals surface area contributed by atoms with Gasteiger partial charge in [-0.2, -0.15) is 5.10 Å². The van der Waals surface area contributed by atoms with Gasteiger partial charge >= 0.3 is 0 Å². The van der Waals surface area contributed by atoms with Crippen LogP contribution in [-0.2, 0) is 0 Å². The van der Waals surface area contributed by atoms with Gasteiger partial charge in [0.1, 0.15) is 12.0 Å². The molecule has 0 bridgehead atoms. The highest BCUT2D eigenvalue weighted by molar-refractivity contribution is 5.91. The average Bonchev–Trinajstić information content (AvgIpc) is 3.25. The smallest absolute Gasteiger partial charge is 0.237 e. The molecule has 4 rings (SSSR count). The van der Waals surface area contributed by atoms with Crippen molar-refractivity contribution in [3.05, 3.63) is 49.0 Å². The van der Waals surface area contributed by atoms with Gasteiger partial charge in [-0.15, -0.1) is 0 Å². The van der Waals surface area contributed by atoms with Crippen molar-refractivity contribution in [3.8, 4) is 17.3 Å². The number of oxazole rings is 1. The van der Waals surface area contributed by atoms with Crippen LogP contribution in [0.15, 0.2) is 53.4 Å². The van der Waals surface area contributed by atoms with Crippen LogP contribution in [0.4, 0.5) is 11.5 Å². The predicted octanol–water partition coefficient (Wildman–Crippen LogP) is 3.37. The number of aromatic amines is 1. The van der Waals surface area contributed by atoms with E-state index in [0.717, 1.165) is 16.5 Å². The highest BCUT2D eigenvalue weighted by Crippen LogP contribution is 2.31. The molecule has 0 unspecified atom stereocenters. The van der Waals surface area contributed by atoms with E-state index in [-0.39, 0.29) is 0 Å². The van der Waals surface area contributed by atoms with Crippen LogP contribution in [-0.4, -0.2) is 27.3 Å². The van der Waals surface area contributed by atoms with Crippen molar-refractivity contribution in [2.75, 3.05) is 12.4 Å². The van der Waals surface area contributed by atoms with Crippen molar-refractivity contribution < 1.29 is 9.15 Å². The fourth-order valence-corrected chi connectivity index (χ4v) is 2.37. The van der Waals surface area contributed by atoms with Crippen molar-refractivity contribution in [3.63, 3.8) is 0 Å². The number of hydrogen-bond donors (Lipinski definition) is 2. The molecule has 1 aromatic carbocycles. The molecular weight excluding hydrogens is 294 g/mol. The van der Waals surface area contributed by atoms with Crippen LogP contribution in [0.5, 0.6) is 5.88 Å². The normalized spacial score (nSPS) is 10.8. The summed E-state index contributed by atoms with van der Waals surface area (Å²) in [5.74, 6) is 1.66. The minimum Gasteiger partial charge on any atom is -0.480 e. The van der Waals surface area contributed by atoms with Crippen LogP contribution in [0.3, 0.4) is 0 Å². The molecule has 0 spiro atoms. The highest BCUT2D eigenvalue weighted by Gasteiger charge is 2.13. The molecule has 7 nitrogen and oxygen atoms in total. The number of pyridine rings is 1. The second-order valence-electron chi connectivity index (χ2n) is 4.86. The van der Waals surface area contributed by atoms with Gasteiger partial charge < -0.3 is 14.5 Å². The van der Waals surface area contributed by atoms with E-state index in [4.69, 9.17) is 9.15 Å². The summed E-state index contributed by atoms with van der Waals surface area (Å²) in [7, 11) is 1.57. The molecule has 0 fully saturated rings. The summed E-state index contributed by atoms with van der Waals surface area (Å²) in [5.41, 5.74) is 2.38. The maximum Gasteiger partial charge on any atom is 0.237 e. The number of para-hydroxylation sites is 1. The van der Waals surface area contributed by atoms with Crippen molar-refractivity contribution >= 4 is 22.4 Å². The van der Waals surface area contributed by atoms with Crippen LogP contribution < -0.4 is 10.1 Å². The van der Waals surface area contributed by atoms with Crippen LogP contribution in [0, 0.1) is 0 Å². The lowest BCUT2D eigenvalue weighted by Crippen LogP contribution is -1.98. The number of hydrogen-bond acceptors (Lipinski definition) is 6. The molecule has 0 aliphatic rings. The van der Waals surface area contributed by atoms with Crippen LogP contribution in [0.25, 0.3) is 22.4 Å². The lowest BCUT2D eigenvalue weighted by molar-refractivity contribution is 0.400. The van der Waals surface area contributed by atoms with E-state index >= 15 is 0 Å². The molecule has 0 amide bonds. The van der Waals surface area contributed by atoms with Gasteiger partial charge in [-0.25, -0.2) is 9.97 Å². The van der Waals surface area contributed by atoms with Gasteiger partial charge in [-0.1, -0.05) is 12.1 Å². The lowest BCUT2D eigenvalue weighted by atomic mass is 10.2. The van der Waals surface area contributed by atoms with Gasteiger partial charge in [-0.05, 0) is 18.2 Å². The Morgan fingerprint density at radius 1 is 1.22 bits per heavy atom. The number of ether oxygens (including phenoxy) is 1. The third-order valence-electron chi connectivity index (χ3n) is 3.45. The average molecular weight is 307 g/mol. The first kappa shape index (κ1) is 13.3. The summed E-state index contributed by atoms with van der Waals surface area (Å²) in [6.45, 7) is 0. The number of benzene rings is 1.